The number of aromatic nitrogens is 1. The Labute approximate surface area is 148 Å². The summed E-state index contributed by atoms with van der Waals surface area (Å²) in [4.78, 5) is 16.3. The first kappa shape index (κ1) is 17.4. The maximum absolute atomic E-state index is 12.2. The van der Waals surface area contributed by atoms with Crippen LogP contribution in [0, 0.1) is 5.92 Å². The van der Waals surface area contributed by atoms with Crippen LogP contribution in [0.25, 0.3) is 0 Å². The molecule has 2 amide bonds. The number of urea groups is 1. The van der Waals surface area contributed by atoms with Crippen LogP contribution in [0.5, 0.6) is 0 Å². The van der Waals surface area contributed by atoms with Gasteiger partial charge in [0.2, 0.25) is 0 Å². The van der Waals surface area contributed by atoms with E-state index in [1.54, 1.807) is 12.4 Å². The number of carbonyl (C=O) groups excluding carboxylic acids is 1. The lowest BCUT2D eigenvalue weighted by atomic mass is 9.89. The fourth-order valence-electron chi connectivity index (χ4n) is 3.25. The molecule has 3 atom stereocenters. The van der Waals surface area contributed by atoms with Gasteiger partial charge in [-0.2, -0.15) is 0 Å². The summed E-state index contributed by atoms with van der Waals surface area (Å²) >= 11 is 0. The molecule has 1 saturated heterocycles. The number of amides is 2. The van der Waals surface area contributed by atoms with Gasteiger partial charge >= 0.3 is 6.03 Å². The maximum Gasteiger partial charge on any atom is 0.315 e. The first-order valence-electron chi connectivity index (χ1n) is 8.85. The average Bonchev–Trinajstić information content (AvgIpc) is 2.68. The van der Waals surface area contributed by atoms with Gasteiger partial charge in [0.15, 0.2) is 0 Å². The Bertz CT molecular complexity index is 663. The smallest absolute Gasteiger partial charge is 0.315 e. The van der Waals surface area contributed by atoms with Crippen LogP contribution in [-0.4, -0.2) is 24.2 Å². The van der Waals surface area contributed by atoms with Crippen LogP contribution < -0.4 is 10.6 Å². The van der Waals surface area contributed by atoms with Crippen LogP contribution in [0.1, 0.15) is 43.0 Å². The van der Waals surface area contributed by atoms with Gasteiger partial charge in [0.25, 0.3) is 0 Å². The molecule has 3 rings (SSSR count). The average molecular weight is 339 g/mol. The fraction of sp³-hybridized carbons (Fsp3) is 0.400. The van der Waals surface area contributed by atoms with Crippen molar-refractivity contribution in [2.75, 3.05) is 13.2 Å². The van der Waals surface area contributed by atoms with Crippen molar-refractivity contribution in [2.24, 2.45) is 5.92 Å². The Morgan fingerprint density at radius 1 is 1.28 bits per heavy atom. The normalized spacial score (nSPS) is 21.3. The van der Waals surface area contributed by atoms with Crippen LogP contribution >= 0.6 is 0 Å². The lowest BCUT2D eigenvalue weighted by Crippen LogP contribution is -2.41. The molecule has 1 aromatic carbocycles. The minimum Gasteiger partial charge on any atom is -0.373 e. The van der Waals surface area contributed by atoms with Gasteiger partial charge in [-0.3, -0.25) is 4.98 Å². The first-order valence-corrected chi connectivity index (χ1v) is 8.85. The topological polar surface area (TPSA) is 63.2 Å². The van der Waals surface area contributed by atoms with Gasteiger partial charge in [-0.05, 0) is 37.0 Å². The number of pyridine rings is 1. The molecular weight excluding hydrogens is 314 g/mol. The highest BCUT2D eigenvalue weighted by atomic mass is 16.5. The molecule has 2 aromatic rings. The molecule has 5 nitrogen and oxygen atoms in total. The standard InChI is InChI=1S/C20H25N3O2/c1-15(17-9-5-11-21-13-17)23-20(24)22-14-18-10-6-12-25-19(18)16-7-3-2-4-8-16/h2-5,7-9,11,13,15,18-19H,6,10,12,14H2,1H3,(H2,22,23,24)/t15-,18-,19-/m0/s1. The van der Waals surface area contributed by atoms with E-state index >= 15 is 0 Å². The lowest BCUT2D eigenvalue weighted by molar-refractivity contribution is -0.0269. The number of benzene rings is 1. The molecule has 0 aliphatic carbocycles. The molecule has 25 heavy (non-hydrogen) atoms. The highest BCUT2D eigenvalue weighted by Crippen LogP contribution is 2.33. The molecule has 0 unspecified atom stereocenters. The summed E-state index contributed by atoms with van der Waals surface area (Å²) in [6, 6.07) is 13.8. The lowest BCUT2D eigenvalue weighted by Gasteiger charge is -2.32. The number of carbonyl (C=O) groups is 1. The van der Waals surface area contributed by atoms with Crippen LogP contribution in [0.3, 0.4) is 0 Å². The van der Waals surface area contributed by atoms with Gasteiger partial charge in [-0.1, -0.05) is 36.4 Å². The molecule has 1 aromatic heterocycles. The fourth-order valence-corrected chi connectivity index (χ4v) is 3.25. The zero-order chi connectivity index (χ0) is 17.5. The number of hydrogen-bond acceptors (Lipinski definition) is 3. The number of nitrogens with one attached hydrogen (secondary N) is 2. The van der Waals surface area contributed by atoms with Crippen LogP contribution in [-0.2, 0) is 4.74 Å². The summed E-state index contributed by atoms with van der Waals surface area (Å²) in [5.41, 5.74) is 2.17. The predicted octanol–water partition coefficient (Wildman–Crippen LogP) is 3.61. The summed E-state index contributed by atoms with van der Waals surface area (Å²) in [5, 5.41) is 5.96. The molecule has 0 spiro atoms. The van der Waals surface area contributed by atoms with E-state index in [-0.39, 0.29) is 24.1 Å². The quantitative estimate of drug-likeness (QED) is 0.875. The second kappa shape index (κ2) is 8.62. The monoisotopic (exact) mass is 339 g/mol. The van der Waals surface area contributed by atoms with E-state index in [0.717, 1.165) is 25.0 Å². The van der Waals surface area contributed by atoms with E-state index < -0.39 is 0 Å². The molecule has 1 aliphatic rings. The minimum absolute atomic E-state index is 0.0472. The minimum atomic E-state index is -0.159. The van der Waals surface area contributed by atoms with E-state index in [9.17, 15) is 4.79 Å². The van der Waals surface area contributed by atoms with Crippen molar-refractivity contribution in [3.05, 3.63) is 66.0 Å². The van der Waals surface area contributed by atoms with Gasteiger partial charge < -0.3 is 15.4 Å². The first-order chi connectivity index (χ1) is 12.2. The van der Waals surface area contributed by atoms with Crippen molar-refractivity contribution in [2.45, 2.75) is 31.9 Å². The van der Waals surface area contributed by atoms with Crippen LogP contribution in [0.4, 0.5) is 4.79 Å². The Hall–Kier alpha value is -2.40. The van der Waals surface area contributed by atoms with E-state index in [1.165, 1.54) is 5.56 Å². The van der Waals surface area contributed by atoms with Crippen molar-refractivity contribution in [3.8, 4) is 0 Å². The van der Waals surface area contributed by atoms with Crippen LogP contribution in [0.15, 0.2) is 54.9 Å². The second-order valence-electron chi connectivity index (χ2n) is 6.47. The molecule has 1 aliphatic heterocycles. The Morgan fingerprint density at radius 2 is 2.12 bits per heavy atom. The number of hydrogen-bond donors (Lipinski definition) is 2. The van der Waals surface area contributed by atoms with E-state index in [1.807, 2.05) is 37.3 Å². The molecule has 0 radical (unpaired) electrons. The van der Waals surface area contributed by atoms with Crippen LogP contribution in [0.2, 0.25) is 0 Å². The van der Waals surface area contributed by atoms with Gasteiger partial charge in [0, 0.05) is 31.5 Å². The summed E-state index contributed by atoms with van der Waals surface area (Å²) < 4.78 is 5.98. The molecule has 1 fully saturated rings. The molecule has 2 heterocycles. The summed E-state index contributed by atoms with van der Waals surface area (Å²) in [7, 11) is 0. The summed E-state index contributed by atoms with van der Waals surface area (Å²) in [6.45, 7) is 3.33. The van der Waals surface area contributed by atoms with Gasteiger partial charge in [-0.15, -0.1) is 0 Å². The Balaban J connectivity index is 1.53. The summed E-state index contributed by atoms with van der Waals surface area (Å²) in [6.07, 6.45) is 5.63. The third kappa shape index (κ3) is 4.79. The van der Waals surface area contributed by atoms with Gasteiger partial charge in [-0.25, -0.2) is 4.79 Å². The van der Waals surface area contributed by atoms with Gasteiger partial charge in [0.1, 0.15) is 0 Å². The zero-order valence-electron chi connectivity index (χ0n) is 14.5. The molecule has 0 saturated carbocycles. The van der Waals surface area contributed by atoms with E-state index in [0.29, 0.717) is 6.54 Å². The summed E-state index contributed by atoms with van der Waals surface area (Å²) in [5.74, 6) is 0.288. The Kier molecular flexibility index (Phi) is 6.01. The van der Waals surface area contributed by atoms with Crippen molar-refractivity contribution in [1.82, 2.24) is 15.6 Å². The Morgan fingerprint density at radius 3 is 2.88 bits per heavy atom. The molecule has 2 N–H and O–H groups in total. The van der Waals surface area contributed by atoms with Gasteiger partial charge in [0.05, 0.1) is 12.1 Å². The van der Waals surface area contributed by atoms with Crippen molar-refractivity contribution < 1.29 is 9.53 Å². The highest BCUT2D eigenvalue weighted by Gasteiger charge is 2.27. The number of rotatable bonds is 5. The van der Waals surface area contributed by atoms with Crippen molar-refractivity contribution in [1.29, 1.82) is 0 Å². The van der Waals surface area contributed by atoms with Crippen molar-refractivity contribution in [3.63, 3.8) is 0 Å². The number of nitrogens with zero attached hydrogens (tertiary/aromatic N) is 1. The maximum atomic E-state index is 12.2. The predicted molar refractivity (Wildman–Crippen MR) is 97.0 cm³/mol. The molecular formula is C20H25N3O2. The third-order valence-corrected chi connectivity index (χ3v) is 4.63. The largest absolute Gasteiger partial charge is 0.373 e. The van der Waals surface area contributed by atoms with E-state index in [2.05, 4.69) is 27.8 Å². The SMILES string of the molecule is C[C@H](NC(=O)NC[C@@H]1CCCO[C@H]1c1ccccc1)c1cccnc1. The second-order valence-corrected chi connectivity index (χ2v) is 6.47. The number of ether oxygens (including phenoxy) is 1. The third-order valence-electron chi connectivity index (χ3n) is 4.63. The van der Waals surface area contributed by atoms with E-state index in [4.69, 9.17) is 4.74 Å². The van der Waals surface area contributed by atoms with Crippen molar-refractivity contribution >= 4 is 6.03 Å². The zero-order valence-corrected chi connectivity index (χ0v) is 14.5. The molecule has 0 bridgehead atoms. The highest BCUT2D eigenvalue weighted by molar-refractivity contribution is 5.74. The molecule has 5 heteroatoms. The molecule has 132 valence electrons.